The highest BCUT2D eigenvalue weighted by atomic mass is 15.4. The van der Waals surface area contributed by atoms with Gasteiger partial charge in [-0.05, 0) is 33.0 Å². The molecule has 102 valence electrons. The van der Waals surface area contributed by atoms with Crippen molar-refractivity contribution in [3.05, 3.63) is 47.9 Å². The number of nitrogens with one attached hydrogen (secondary N) is 1. The Morgan fingerprint density at radius 2 is 2.00 bits per heavy atom. The summed E-state index contributed by atoms with van der Waals surface area (Å²) in [7, 11) is 1.92. The van der Waals surface area contributed by atoms with Crippen LogP contribution >= 0.6 is 0 Å². The fourth-order valence-corrected chi connectivity index (χ4v) is 2.37. The monoisotopic (exact) mass is 267 g/mol. The van der Waals surface area contributed by atoms with Gasteiger partial charge in [-0.2, -0.15) is 0 Å². The second-order valence-electron chi connectivity index (χ2n) is 4.83. The number of hydrogen-bond acceptors (Lipinski definition) is 4. The highest BCUT2D eigenvalue weighted by Gasteiger charge is 2.16. The summed E-state index contributed by atoms with van der Waals surface area (Å²) in [6, 6.07) is 10.2. The minimum atomic E-state index is 0.173. The van der Waals surface area contributed by atoms with E-state index >= 15 is 0 Å². The average molecular weight is 267 g/mol. The Labute approximate surface area is 117 Å². The third-order valence-electron chi connectivity index (χ3n) is 3.61. The van der Waals surface area contributed by atoms with E-state index in [-0.39, 0.29) is 6.04 Å². The fourth-order valence-electron chi connectivity index (χ4n) is 2.37. The van der Waals surface area contributed by atoms with Crippen LogP contribution in [-0.4, -0.2) is 27.0 Å². The predicted octanol–water partition coefficient (Wildman–Crippen LogP) is 2.40. The molecule has 0 aliphatic rings. The number of para-hydroxylation sites is 1. The molecule has 1 atom stereocenters. The Balaban J connectivity index is 2.19. The molecule has 3 aromatic rings. The molecule has 0 spiro atoms. The van der Waals surface area contributed by atoms with E-state index in [4.69, 9.17) is 0 Å². The lowest BCUT2D eigenvalue weighted by atomic mass is 10.1. The lowest BCUT2D eigenvalue weighted by Gasteiger charge is -2.09. The first kappa shape index (κ1) is 12.7. The van der Waals surface area contributed by atoms with Gasteiger partial charge in [0.25, 0.3) is 0 Å². The van der Waals surface area contributed by atoms with Crippen molar-refractivity contribution in [3.63, 3.8) is 0 Å². The molecule has 20 heavy (non-hydrogen) atoms. The van der Waals surface area contributed by atoms with E-state index in [0.717, 1.165) is 28.0 Å². The van der Waals surface area contributed by atoms with Crippen molar-refractivity contribution in [2.75, 3.05) is 7.05 Å². The van der Waals surface area contributed by atoms with Crippen molar-refractivity contribution >= 4 is 10.9 Å². The third kappa shape index (κ3) is 1.96. The quantitative estimate of drug-likeness (QED) is 0.791. The summed E-state index contributed by atoms with van der Waals surface area (Å²) in [6.45, 7) is 4.10. The summed E-state index contributed by atoms with van der Waals surface area (Å²) in [5.41, 5.74) is 3.89. The summed E-state index contributed by atoms with van der Waals surface area (Å²) in [5, 5.41) is 12.9. The Hall–Kier alpha value is -2.27. The van der Waals surface area contributed by atoms with Crippen molar-refractivity contribution < 1.29 is 0 Å². The first-order chi connectivity index (χ1) is 9.72. The molecule has 2 heterocycles. The van der Waals surface area contributed by atoms with Gasteiger partial charge in [0, 0.05) is 11.6 Å². The molecule has 0 aliphatic heterocycles. The maximum Gasteiger partial charge on any atom is 0.103 e. The molecule has 1 aromatic carbocycles. The van der Waals surface area contributed by atoms with Crippen LogP contribution in [0.5, 0.6) is 0 Å². The Morgan fingerprint density at radius 3 is 2.80 bits per heavy atom. The van der Waals surface area contributed by atoms with Crippen LogP contribution in [0.2, 0.25) is 0 Å². The summed E-state index contributed by atoms with van der Waals surface area (Å²) in [6.07, 6.45) is 1.80. The zero-order valence-electron chi connectivity index (χ0n) is 11.8. The maximum atomic E-state index is 4.47. The second-order valence-corrected chi connectivity index (χ2v) is 4.83. The molecule has 0 saturated carbocycles. The van der Waals surface area contributed by atoms with Crippen LogP contribution in [0.15, 0.2) is 36.5 Å². The number of pyridine rings is 1. The highest BCUT2D eigenvalue weighted by Crippen LogP contribution is 2.22. The lowest BCUT2D eigenvalue weighted by Crippen LogP contribution is -2.14. The standard InChI is InChI=1S/C15H17N5/c1-10(16-3)14-11(2)20(19-18-14)13-8-4-6-12-7-5-9-17-15(12)13/h4-10,16H,1-3H3. The molecule has 5 heteroatoms. The van der Waals surface area contributed by atoms with Crippen molar-refractivity contribution in [1.82, 2.24) is 25.3 Å². The number of benzene rings is 1. The summed E-state index contributed by atoms with van der Waals surface area (Å²) < 4.78 is 1.86. The summed E-state index contributed by atoms with van der Waals surface area (Å²) in [5.74, 6) is 0. The van der Waals surface area contributed by atoms with E-state index in [9.17, 15) is 0 Å². The highest BCUT2D eigenvalue weighted by molar-refractivity contribution is 5.86. The van der Waals surface area contributed by atoms with E-state index in [1.54, 1.807) is 6.20 Å². The van der Waals surface area contributed by atoms with Crippen LogP contribution in [0.3, 0.4) is 0 Å². The van der Waals surface area contributed by atoms with Crippen LogP contribution in [0.1, 0.15) is 24.4 Å². The van der Waals surface area contributed by atoms with Gasteiger partial charge in [0.2, 0.25) is 0 Å². The van der Waals surface area contributed by atoms with Gasteiger partial charge in [0.1, 0.15) is 5.69 Å². The molecule has 5 nitrogen and oxygen atoms in total. The van der Waals surface area contributed by atoms with Crippen molar-refractivity contribution in [2.24, 2.45) is 0 Å². The van der Waals surface area contributed by atoms with E-state index in [1.807, 2.05) is 36.9 Å². The topological polar surface area (TPSA) is 55.6 Å². The molecule has 0 bridgehead atoms. The molecule has 0 fully saturated rings. The smallest absolute Gasteiger partial charge is 0.103 e. The van der Waals surface area contributed by atoms with E-state index in [1.165, 1.54) is 0 Å². The SMILES string of the molecule is CNC(C)c1nnn(-c2cccc3cccnc23)c1C. The minimum Gasteiger partial charge on any atom is -0.312 e. The molecule has 1 unspecified atom stereocenters. The first-order valence-corrected chi connectivity index (χ1v) is 6.66. The van der Waals surface area contributed by atoms with E-state index in [2.05, 4.69) is 39.7 Å². The number of fused-ring (bicyclic) bond motifs is 1. The predicted molar refractivity (Wildman–Crippen MR) is 78.9 cm³/mol. The second kappa shape index (κ2) is 5.02. The van der Waals surface area contributed by atoms with Crippen LogP contribution < -0.4 is 5.32 Å². The largest absolute Gasteiger partial charge is 0.312 e. The molecule has 0 saturated heterocycles. The molecular weight excluding hydrogens is 250 g/mol. The van der Waals surface area contributed by atoms with Gasteiger partial charge in [0.15, 0.2) is 0 Å². The average Bonchev–Trinajstić information content (AvgIpc) is 2.87. The number of hydrogen-bond donors (Lipinski definition) is 1. The number of rotatable bonds is 3. The van der Waals surface area contributed by atoms with Crippen LogP contribution in [0.4, 0.5) is 0 Å². The third-order valence-corrected chi connectivity index (χ3v) is 3.61. The Bertz CT molecular complexity index is 742. The van der Waals surface area contributed by atoms with Crippen molar-refractivity contribution in [2.45, 2.75) is 19.9 Å². The lowest BCUT2D eigenvalue weighted by molar-refractivity contribution is 0.627. The van der Waals surface area contributed by atoms with Gasteiger partial charge in [-0.15, -0.1) is 5.10 Å². The summed E-state index contributed by atoms with van der Waals surface area (Å²) in [4.78, 5) is 4.47. The van der Waals surface area contributed by atoms with Crippen LogP contribution in [0.25, 0.3) is 16.6 Å². The van der Waals surface area contributed by atoms with Gasteiger partial charge in [0.05, 0.1) is 22.9 Å². The Kier molecular flexibility index (Phi) is 3.20. The number of nitrogens with zero attached hydrogens (tertiary/aromatic N) is 4. The van der Waals surface area contributed by atoms with Crippen LogP contribution in [-0.2, 0) is 0 Å². The van der Waals surface area contributed by atoms with Crippen molar-refractivity contribution in [1.29, 1.82) is 0 Å². The van der Waals surface area contributed by atoms with Gasteiger partial charge in [-0.1, -0.05) is 23.4 Å². The van der Waals surface area contributed by atoms with Gasteiger partial charge in [-0.3, -0.25) is 4.98 Å². The molecule has 3 rings (SSSR count). The summed E-state index contributed by atoms with van der Waals surface area (Å²) >= 11 is 0. The van der Waals surface area contributed by atoms with Crippen molar-refractivity contribution in [3.8, 4) is 5.69 Å². The van der Waals surface area contributed by atoms with Gasteiger partial charge < -0.3 is 5.32 Å². The maximum absolute atomic E-state index is 4.47. The molecule has 0 radical (unpaired) electrons. The van der Waals surface area contributed by atoms with Gasteiger partial charge >= 0.3 is 0 Å². The molecular formula is C15H17N5. The molecule has 0 aliphatic carbocycles. The Morgan fingerprint density at radius 1 is 1.20 bits per heavy atom. The van der Waals surface area contributed by atoms with Crippen LogP contribution in [0, 0.1) is 6.92 Å². The van der Waals surface area contributed by atoms with E-state index in [0.29, 0.717) is 0 Å². The fraction of sp³-hybridized carbons (Fsp3) is 0.267. The first-order valence-electron chi connectivity index (χ1n) is 6.66. The zero-order valence-corrected chi connectivity index (χ0v) is 11.8. The molecule has 2 aromatic heterocycles. The minimum absolute atomic E-state index is 0.173. The van der Waals surface area contributed by atoms with E-state index < -0.39 is 0 Å². The number of aromatic nitrogens is 4. The normalized spacial score (nSPS) is 12.8. The van der Waals surface area contributed by atoms with Gasteiger partial charge in [-0.25, -0.2) is 4.68 Å². The molecule has 1 N–H and O–H groups in total. The zero-order chi connectivity index (χ0) is 14.1. The molecule has 0 amide bonds.